The number of esters is 1. The molecular formula is C26H23FN2O3S2. The molecule has 2 aromatic heterocycles. The van der Waals surface area contributed by atoms with E-state index in [1.165, 1.54) is 27.1 Å². The maximum Gasteiger partial charge on any atom is 0.316 e. The molecular weight excluding hydrogens is 471 g/mol. The van der Waals surface area contributed by atoms with Crippen molar-refractivity contribution in [2.75, 3.05) is 12.4 Å². The maximum atomic E-state index is 14.1. The van der Waals surface area contributed by atoms with E-state index in [4.69, 9.17) is 9.72 Å². The van der Waals surface area contributed by atoms with Crippen molar-refractivity contribution in [1.29, 1.82) is 0 Å². The first-order valence-corrected chi connectivity index (χ1v) is 13.0. The van der Waals surface area contributed by atoms with Gasteiger partial charge in [-0.2, -0.15) is 0 Å². The van der Waals surface area contributed by atoms with Crippen molar-refractivity contribution in [3.05, 3.63) is 86.8 Å². The Morgan fingerprint density at radius 2 is 2.06 bits per heavy atom. The number of fused-ring (bicyclic) bond motifs is 3. The number of hydrogen-bond acceptors (Lipinski definition) is 6. The number of rotatable bonds is 6. The number of benzene rings is 2. The van der Waals surface area contributed by atoms with Gasteiger partial charge in [0.25, 0.3) is 5.56 Å². The van der Waals surface area contributed by atoms with Gasteiger partial charge in [-0.25, -0.2) is 9.37 Å². The zero-order chi connectivity index (χ0) is 23.7. The van der Waals surface area contributed by atoms with Gasteiger partial charge >= 0.3 is 5.97 Å². The Bertz CT molecular complexity index is 1420. The summed E-state index contributed by atoms with van der Waals surface area (Å²) in [4.78, 5) is 32.7. The van der Waals surface area contributed by atoms with Crippen LogP contribution in [0.5, 0.6) is 0 Å². The second-order valence-corrected chi connectivity index (χ2v) is 10.1. The molecule has 0 N–H and O–H groups in total. The summed E-state index contributed by atoms with van der Waals surface area (Å²) in [7, 11) is 0. The average molecular weight is 495 g/mol. The zero-order valence-electron chi connectivity index (χ0n) is 18.6. The van der Waals surface area contributed by atoms with Gasteiger partial charge in [-0.05, 0) is 55.5 Å². The van der Waals surface area contributed by atoms with Crippen LogP contribution >= 0.6 is 23.1 Å². The number of thiophene rings is 1. The predicted molar refractivity (Wildman–Crippen MR) is 134 cm³/mol. The number of nitrogens with zero attached hydrogens (tertiary/aromatic N) is 2. The third-order valence-electron chi connectivity index (χ3n) is 5.95. The molecule has 2 aromatic carbocycles. The van der Waals surface area contributed by atoms with E-state index in [-0.39, 0.29) is 29.8 Å². The summed E-state index contributed by atoms with van der Waals surface area (Å²) in [6.07, 6.45) is 2.91. The van der Waals surface area contributed by atoms with Gasteiger partial charge in [0.2, 0.25) is 0 Å². The largest absolute Gasteiger partial charge is 0.465 e. The Morgan fingerprint density at radius 1 is 1.24 bits per heavy atom. The second kappa shape index (κ2) is 9.72. The fourth-order valence-electron chi connectivity index (χ4n) is 4.55. The lowest BCUT2D eigenvalue weighted by molar-refractivity contribution is -0.139. The smallest absolute Gasteiger partial charge is 0.316 e. The minimum absolute atomic E-state index is 0.0127. The molecule has 1 aliphatic carbocycles. The Balaban J connectivity index is 1.72. The highest BCUT2D eigenvalue weighted by atomic mass is 32.2. The summed E-state index contributed by atoms with van der Waals surface area (Å²) in [5.41, 5.74) is 2.38. The molecule has 174 valence electrons. The van der Waals surface area contributed by atoms with Crippen molar-refractivity contribution in [3.8, 4) is 5.69 Å². The van der Waals surface area contributed by atoms with E-state index in [0.717, 1.165) is 36.6 Å². The lowest BCUT2D eigenvalue weighted by Crippen LogP contribution is -2.23. The maximum absolute atomic E-state index is 14.1. The van der Waals surface area contributed by atoms with E-state index in [1.807, 2.05) is 18.2 Å². The van der Waals surface area contributed by atoms with Crippen molar-refractivity contribution < 1.29 is 13.9 Å². The zero-order valence-corrected chi connectivity index (χ0v) is 20.3. The average Bonchev–Trinajstić information content (AvgIpc) is 3.22. The van der Waals surface area contributed by atoms with Crippen LogP contribution in [0, 0.1) is 5.82 Å². The number of aryl methyl sites for hydroxylation is 1. The molecule has 1 atom stereocenters. The monoisotopic (exact) mass is 494 g/mol. The van der Waals surface area contributed by atoms with E-state index in [0.29, 0.717) is 21.1 Å². The van der Waals surface area contributed by atoms with Crippen LogP contribution < -0.4 is 5.56 Å². The topological polar surface area (TPSA) is 61.2 Å². The first-order chi connectivity index (χ1) is 16.6. The Kier molecular flexibility index (Phi) is 6.52. The van der Waals surface area contributed by atoms with E-state index < -0.39 is 5.82 Å². The van der Waals surface area contributed by atoms with Gasteiger partial charge in [0.15, 0.2) is 5.16 Å². The van der Waals surface area contributed by atoms with E-state index in [9.17, 15) is 14.0 Å². The van der Waals surface area contributed by atoms with Gasteiger partial charge in [-0.15, -0.1) is 11.3 Å². The first-order valence-electron chi connectivity index (χ1n) is 11.2. The highest BCUT2D eigenvalue weighted by Gasteiger charge is 2.30. The van der Waals surface area contributed by atoms with Gasteiger partial charge in [0.1, 0.15) is 10.6 Å². The van der Waals surface area contributed by atoms with Crippen LogP contribution in [0.2, 0.25) is 0 Å². The Labute approximate surface area is 204 Å². The van der Waals surface area contributed by atoms with Gasteiger partial charge in [-0.1, -0.05) is 48.2 Å². The molecule has 0 spiro atoms. The molecule has 8 heteroatoms. The summed E-state index contributed by atoms with van der Waals surface area (Å²) in [5.74, 6) is -0.700. The van der Waals surface area contributed by atoms with E-state index in [1.54, 1.807) is 30.4 Å². The number of ether oxygens (including phenoxy) is 1. The third-order valence-corrected chi connectivity index (χ3v) is 8.02. The lowest BCUT2D eigenvalue weighted by Gasteiger charge is -2.23. The summed E-state index contributed by atoms with van der Waals surface area (Å²) in [6, 6.07) is 16.1. The van der Waals surface area contributed by atoms with Gasteiger partial charge in [0, 0.05) is 10.8 Å². The van der Waals surface area contributed by atoms with E-state index in [2.05, 4.69) is 12.1 Å². The molecule has 1 unspecified atom stereocenters. The van der Waals surface area contributed by atoms with Crippen molar-refractivity contribution in [3.63, 3.8) is 0 Å². The van der Waals surface area contributed by atoms with Crippen LogP contribution in [0.3, 0.4) is 0 Å². The number of hydrogen-bond donors (Lipinski definition) is 0. The molecule has 0 saturated heterocycles. The highest BCUT2D eigenvalue weighted by molar-refractivity contribution is 7.99. The van der Waals surface area contributed by atoms with Gasteiger partial charge in [-0.3, -0.25) is 14.2 Å². The Morgan fingerprint density at radius 3 is 2.82 bits per heavy atom. The first kappa shape index (κ1) is 22.8. The van der Waals surface area contributed by atoms with Crippen LogP contribution in [0.25, 0.3) is 15.9 Å². The summed E-state index contributed by atoms with van der Waals surface area (Å²) >= 11 is 2.68. The summed E-state index contributed by atoms with van der Waals surface area (Å²) in [5, 5.41) is 0.948. The normalized spacial score (nSPS) is 15.3. The molecule has 1 aliphatic rings. The molecule has 0 radical (unpaired) electrons. The van der Waals surface area contributed by atoms with Gasteiger partial charge < -0.3 is 4.74 Å². The molecule has 5 rings (SSSR count). The van der Waals surface area contributed by atoms with E-state index >= 15 is 0 Å². The number of thioether (sulfide) groups is 1. The highest BCUT2D eigenvalue weighted by Crippen LogP contribution is 2.44. The van der Waals surface area contributed by atoms with Crippen LogP contribution in [0.15, 0.2) is 64.5 Å². The standard InChI is InChI=1S/C26H23FN2O3S2/c1-2-32-21(30)15-33-26-28-24-23(25(31)29(26)18-11-6-10-17(27)14-18)22-19(12-7-13-20(22)34-24)16-8-4-3-5-9-16/h3-6,8-11,14,19H,2,7,12-13,15H2,1H3. The van der Waals surface area contributed by atoms with Crippen LogP contribution in [-0.4, -0.2) is 27.9 Å². The summed E-state index contributed by atoms with van der Waals surface area (Å²) < 4.78 is 20.6. The summed E-state index contributed by atoms with van der Waals surface area (Å²) in [6.45, 7) is 2.02. The minimum atomic E-state index is -0.444. The molecule has 0 aliphatic heterocycles. The van der Waals surface area contributed by atoms with Crippen molar-refractivity contribution in [1.82, 2.24) is 9.55 Å². The SMILES string of the molecule is CCOC(=O)CSc1nc2sc3c(c2c(=O)n1-c1cccc(F)c1)C(c1ccccc1)CCC3. The van der Waals surface area contributed by atoms with Gasteiger partial charge in [0.05, 0.1) is 23.4 Å². The fourth-order valence-corrected chi connectivity index (χ4v) is 6.67. The third kappa shape index (κ3) is 4.28. The number of carbonyl (C=O) groups excluding carboxylic acids is 1. The number of aromatic nitrogens is 2. The fraction of sp³-hybridized carbons (Fsp3) is 0.269. The molecule has 2 heterocycles. The van der Waals surface area contributed by atoms with Crippen LogP contribution in [0.4, 0.5) is 4.39 Å². The molecule has 0 bridgehead atoms. The molecule has 0 amide bonds. The predicted octanol–water partition coefficient (Wildman–Crippen LogP) is 5.71. The van der Waals surface area contributed by atoms with Crippen molar-refractivity contribution >= 4 is 39.3 Å². The lowest BCUT2D eigenvalue weighted by atomic mass is 9.81. The van der Waals surface area contributed by atoms with Crippen molar-refractivity contribution in [2.45, 2.75) is 37.3 Å². The minimum Gasteiger partial charge on any atom is -0.465 e. The molecule has 34 heavy (non-hydrogen) atoms. The number of carbonyl (C=O) groups is 1. The molecule has 4 aromatic rings. The van der Waals surface area contributed by atoms with Crippen molar-refractivity contribution in [2.24, 2.45) is 0 Å². The van der Waals surface area contributed by atoms with Crippen LogP contribution in [0.1, 0.15) is 41.7 Å². The molecule has 0 saturated carbocycles. The quantitative estimate of drug-likeness (QED) is 0.195. The molecule has 5 nitrogen and oxygen atoms in total. The Hall–Kier alpha value is -2.97. The number of halogens is 1. The second-order valence-electron chi connectivity index (χ2n) is 8.08. The van der Waals surface area contributed by atoms with Crippen LogP contribution in [-0.2, 0) is 16.0 Å². The molecule has 0 fully saturated rings.